The Kier molecular flexibility index (Phi) is 4.00. The van der Waals surface area contributed by atoms with E-state index in [0.717, 1.165) is 12.1 Å². The summed E-state index contributed by atoms with van der Waals surface area (Å²) >= 11 is 5.48. The molecule has 0 aliphatic rings. The SMILES string of the molecule is Cl.NC(=O)c1ccc(F)cc1Cl. The predicted molar refractivity (Wildman–Crippen MR) is 47.2 cm³/mol. The molecule has 12 heavy (non-hydrogen) atoms. The number of hydrogen-bond donors (Lipinski definition) is 1. The van der Waals surface area contributed by atoms with E-state index in [1.54, 1.807) is 0 Å². The second-order valence-electron chi connectivity index (χ2n) is 1.99. The molecule has 5 heteroatoms. The van der Waals surface area contributed by atoms with Gasteiger partial charge in [-0.15, -0.1) is 12.4 Å². The molecule has 0 bridgehead atoms. The van der Waals surface area contributed by atoms with Crippen molar-refractivity contribution in [1.82, 2.24) is 0 Å². The van der Waals surface area contributed by atoms with Crippen LogP contribution in [-0.4, -0.2) is 5.91 Å². The molecule has 2 nitrogen and oxygen atoms in total. The Morgan fingerprint density at radius 2 is 2.08 bits per heavy atom. The highest BCUT2D eigenvalue weighted by Gasteiger charge is 2.05. The number of primary amides is 1. The number of amides is 1. The van der Waals surface area contributed by atoms with E-state index in [1.807, 2.05) is 0 Å². The summed E-state index contributed by atoms with van der Waals surface area (Å²) in [6.07, 6.45) is 0. The van der Waals surface area contributed by atoms with Crippen molar-refractivity contribution in [2.45, 2.75) is 0 Å². The maximum Gasteiger partial charge on any atom is 0.250 e. The summed E-state index contributed by atoms with van der Waals surface area (Å²) in [5.74, 6) is -1.14. The molecule has 66 valence electrons. The fourth-order valence-corrected chi connectivity index (χ4v) is 0.950. The van der Waals surface area contributed by atoms with Crippen LogP contribution in [-0.2, 0) is 0 Å². The van der Waals surface area contributed by atoms with Gasteiger partial charge in [-0.1, -0.05) is 11.6 Å². The summed E-state index contributed by atoms with van der Waals surface area (Å²) in [6.45, 7) is 0. The van der Waals surface area contributed by atoms with Gasteiger partial charge in [0.1, 0.15) is 5.82 Å². The van der Waals surface area contributed by atoms with Crippen molar-refractivity contribution in [1.29, 1.82) is 0 Å². The van der Waals surface area contributed by atoms with Crippen LogP contribution in [0, 0.1) is 5.82 Å². The number of halogens is 3. The van der Waals surface area contributed by atoms with E-state index < -0.39 is 11.7 Å². The zero-order valence-electron chi connectivity index (χ0n) is 5.88. The Morgan fingerprint density at radius 1 is 1.50 bits per heavy atom. The third-order valence-electron chi connectivity index (χ3n) is 1.20. The number of benzene rings is 1. The Bertz CT molecular complexity index is 303. The van der Waals surface area contributed by atoms with Crippen LogP contribution >= 0.6 is 24.0 Å². The molecule has 2 N–H and O–H groups in total. The lowest BCUT2D eigenvalue weighted by Gasteiger charge is -1.97. The van der Waals surface area contributed by atoms with Crippen LogP contribution in [0.5, 0.6) is 0 Å². The van der Waals surface area contributed by atoms with Crippen molar-refractivity contribution in [3.63, 3.8) is 0 Å². The molecule has 0 spiro atoms. The number of carbonyl (C=O) groups excluding carboxylic acids is 1. The fraction of sp³-hybridized carbons (Fsp3) is 0. The quantitative estimate of drug-likeness (QED) is 0.756. The average molecular weight is 210 g/mol. The summed E-state index contributed by atoms with van der Waals surface area (Å²) in [5, 5.41) is 0.0394. The zero-order valence-corrected chi connectivity index (χ0v) is 7.45. The Labute approximate surface area is 79.9 Å². The summed E-state index contributed by atoms with van der Waals surface area (Å²) in [7, 11) is 0. The smallest absolute Gasteiger partial charge is 0.250 e. The van der Waals surface area contributed by atoms with E-state index in [-0.39, 0.29) is 23.0 Å². The highest BCUT2D eigenvalue weighted by Crippen LogP contribution is 2.15. The molecule has 0 aliphatic carbocycles. The lowest BCUT2D eigenvalue weighted by atomic mass is 10.2. The van der Waals surface area contributed by atoms with E-state index in [1.165, 1.54) is 6.07 Å². The summed E-state index contributed by atoms with van der Waals surface area (Å²) < 4.78 is 12.4. The molecule has 1 rings (SSSR count). The molecular weight excluding hydrogens is 204 g/mol. The monoisotopic (exact) mass is 209 g/mol. The molecule has 1 aromatic carbocycles. The van der Waals surface area contributed by atoms with Gasteiger partial charge in [-0.05, 0) is 18.2 Å². The summed E-state index contributed by atoms with van der Waals surface area (Å²) in [6, 6.07) is 3.42. The topological polar surface area (TPSA) is 43.1 Å². The van der Waals surface area contributed by atoms with Gasteiger partial charge >= 0.3 is 0 Å². The van der Waals surface area contributed by atoms with Gasteiger partial charge in [0.25, 0.3) is 0 Å². The Balaban J connectivity index is 0.00000121. The lowest BCUT2D eigenvalue weighted by Crippen LogP contribution is -2.11. The first-order chi connectivity index (χ1) is 5.11. The van der Waals surface area contributed by atoms with E-state index >= 15 is 0 Å². The van der Waals surface area contributed by atoms with Gasteiger partial charge in [0.15, 0.2) is 0 Å². The third-order valence-corrected chi connectivity index (χ3v) is 1.51. The van der Waals surface area contributed by atoms with Gasteiger partial charge in [-0.2, -0.15) is 0 Å². The van der Waals surface area contributed by atoms with Gasteiger partial charge in [0.2, 0.25) is 5.91 Å². The largest absolute Gasteiger partial charge is 0.366 e. The summed E-state index contributed by atoms with van der Waals surface area (Å²) in [5.41, 5.74) is 5.05. The van der Waals surface area contributed by atoms with Gasteiger partial charge < -0.3 is 5.73 Å². The molecule has 1 aromatic rings. The number of hydrogen-bond acceptors (Lipinski definition) is 1. The standard InChI is InChI=1S/C7H5ClFNO.ClH/c8-6-3-4(9)1-2-5(6)7(10)11;/h1-3H,(H2,10,11);1H. The number of nitrogens with two attached hydrogens (primary N) is 1. The van der Waals surface area contributed by atoms with Crippen molar-refractivity contribution < 1.29 is 9.18 Å². The highest BCUT2D eigenvalue weighted by atomic mass is 35.5. The molecule has 0 unspecified atom stereocenters. The molecule has 0 saturated carbocycles. The minimum atomic E-state index is -0.657. The van der Waals surface area contributed by atoms with Crippen molar-refractivity contribution >= 4 is 29.9 Å². The van der Waals surface area contributed by atoms with Gasteiger partial charge in [-0.3, -0.25) is 4.79 Å². The third kappa shape index (κ3) is 2.36. The molecule has 0 radical (unpaired) electrons. The van der Waals surface area contributed by atoms with Crippen LogP contribution in [0.2, 0.25) is 5.02 Å². The summed E-state index contributed by atoms with van der Waals surface area (Å²) in [4.78, 5) is 10.5. The molecule has 1 amide bonds. The van der Waals surface area contributed by atoms with Crippen molar-refractivity contribution in [2.24, 2.45) is 5.73 Å². The maximum atomic E-state index is 12.4. The normalized spacial score (nSPS) is 8.83. The first-order valence-corrected chi connectivity index (χ1v) is 3.24. The molecule has 0 heterocycles. The highest BCUT2D eigenvalue weighted by molar-refractivity contribution is 6.33. The van der Waals surface area contributed by atoms with E-state index in [0.29, 0.717) is 0 Å². The van der Waals surface area contributed by atoms with Gasteiger partial charge in [-0.25, -0.2) is 4.39 Å². The van der Waals surface area contributed by atoms with Crippen LogP contribution in [0.15, 0.2) is 18.2 Å². The van der Waals surface area contributed by atoms with Crippen LogP contribution in [0.3, 0.4) is 0 Å². The van der Waals surface area contributed by atoms with Gasteiger partial charge in [0.05, 0.1) is 10.6 Å². The molecule has 0 saturated heterocycles. The lowest BCUT2D eigenvalue weighted by molar-refractivity contribution is 0.100. The minimum absolute atomic E-state index is 0. The van der Waals surface area contributed by atoms with E-state index in [9.17, 15) is 9.18 Å². The van der Waals surface area contributed by atoms with Crippen LogP contribution < -0.4 is 5.73 Å². The molecule has 0 atom stereocenters. The molecule has 0 aromatic heterocycles. The number of carbonyl (C=O) groups is 1. The van der Waals surface area contributed by atoms with Gasteiger partial charge in [0, 0.05) is 0 Å². The Hall–Kier alpha value is -0.800. The molecular formula is C7H6Cl2FNO. The molecule has 0 aliphatic heterocycles. The maximum absolute atomic E-state index is 12.4. The second kappa shape index (κ2) is 4.28. The first-order valence-electron chi connectivity index (χ1n) is 2.86. The van der Waals surface area contributed by atoms with Crippen molar-refractivity contribution in [2.75, 3.05) is 0 Å². The van der Waals surface area contributed by atoms with E-state index in [4.69, 9.17) is 17.3 Å². The predicted octanol–water partition coefficient (Wildman–Crippen LogP) is 2.00. The second-order valence-corrected chi connectivity index (χ2v) is 2.40. The van der Waals surface area contributed by atoms with E-state index in [2.05, 4.69) is 0 Å². The molecule has 0 fully saturated rings. The number of rotatable bonds is 1. The fourth-order valence-electron chi connectivity index (χ4n) is 0.689. The first kappa shape index (κ1) is 11.2. The van der Waals surface area contributed by atoms with Crippen LogP contribution in [0.1, 0.15) is 10.4 Å². The van der Waals surface area contributed by atoms with Crippen molar-refractivity contribution in [3.8, 4) is 0 Å². The van der Waals surface area contributed by atoms with Crippen LogP contribution in [0.25, 0.3) is 0 Å². The zero-order chi connectivity index (χ0) is 8.43. The minimum Gasteiger partial charge on any atom is -0.366 e. The van der Waals surface area contributed by atoms with Crippen molar-refractivity contribution in [3.05, 3.63) is 34.6 Å². The van der Waals surface area contributed by atoms with Crippen LogP contribution in [0.4, 0.5) is 4.39 Å². The Morgan fingerprint density at radius 3 is 2.50 bits per heavy atom. The average Bonchev–Trinajstić information content (AvgIpc) is 1.85.